The van der Waals surface area contributed by atoms with Crippen molar-refractivity contribution in [3.8, 4) is 0 Å². The maximum absolute atomic E-state index is 6.39. The molecule has 0 amide bonds. The van der Waals surface area contributed by atoms with E-state index in [1.807, 2.05) is 0 Å². The predicted molar refractivity (Wildman–Crippen MR) is 132 cm³/mol. The molecule has 7 heteroatoms. The molecule has 0 spiro atoms. The van der Waals surface area contributed by atoms with Crippen molar-refractivity contribution in [2.24, 2.45) is 23.7 Å². The molecule has 0 aliphatic heterocycles. The third kappa shape index (κ3) is 10.3. The molecule has 0 rings (SSSR count). The second-order valence-corrected chi connectivity index (χ2v) is 12.9. The molecule has 0 aliphatic carbocycles. The molecular formula is C24H53N2O4P. The first kappa shape index (κ1) is 31.2. The summed E-state index contributed by atoms with van der Waals surface area (Å²) >= 11 is 0. The van der Waals surface area contributed by atoms with Gasteiger partial charge in [-0.2, -0.15) is 0 Å². The van der Waals surface area contributed by atoms with Crippen LogP contribution in [0.1, 0.15) is 111 Å². The average Bonchev–Trinajstić information content (AvgIpc) is 2.52. The highest BCUT2D eigenvalue weighted by molar-refractivity contribution is 7.31. The van der Waals surface area contributed by atoms with E-state index in [9.17, 15) is 0 Å². The molecule has 31 heavy (non-hydrogen) atoms. The van der Waals surface area contributed by atoms with Gasteiger partial charge in [0.1, 0.15) is 8.88 Å². The van der Waals surface area contributed by atoms with Crippen molar-refractivity contribution >= 4 is 8.88 Å². The van der Waals surface area contributed by atoms with Gasteiger partial charge in [0.25, 0.3) is 0 Å². The van der Waals surface area contributed by atoms with Crippen LogP contribution in [0.15, 0.2) is 0 Å². The number of nitrogens with zero attached hydrogens (tertiary/aromatic N) is 2. The number of hydrogen-bond donors (Lipinski definition) is 0. The van der Waals surface area contributed by atoms with E-state index in [1.54, 1.807) is 9.99 Å². The molecule has 6 nitrogen and oxygen atoms in total. The summed E-state index contributed by atoms with van der Waals surface area (Å²) in [5, 5.41) is 0. The maximum atomic E-state index is 6.39. The van der Waals surface area contributed by atoms with Crippen LogP contribution < -0.4 is 0 Å². The van der Waals surface area contributed by atoms with E-state index >= 15 is 0 Å². The Morgan fingerprint density at radius 1 is 0.419 bits per heavy atom. The molecule has 188 valence electrons. The molecule has 0 saturated carbocycles. The van der Waals surface area contributed by atoms with E-state index in [1.165, 1.54) is 0 Å². The minimum atomic E-state index is -0.424. The summed E-state index contributed by atoms with van der Waals surface area (Å²) in [5.74, 6) is 1.17. The molecule has 0 atom stereocenters. The van der Waals surface area contributed by atoms with Crippen LogP contribution in [0.5, 0.6) is 0 Å². The largest absolute Gasteiger partial charge is 0.264 e. The lowest BCUT2D eigenvalue weighted by molar-refractivity contribution is -0.419. The van der Waals surface area contributed by atoms with Gasteiger partial charge < -0.3 is 0 Å². The first-order valence-corrected chi connectivity index (χ1v) is 12.7. The fourth-order valence-corrected chi connectivity index (χ4v) is 2.70. The molecule has 0 saturated heterocycles. The Hall–Kier alpha value is 0.190. The molecule has 0 heterocycles. The number of hydrogen-bond acceptors (Lipinski definition) is 6. The quantitative estimate of drug-likeness (QED) is 0.195. The molecule has 0 radical (unpaired) electrons. The van der Waals surface area contributed by atoms with Crippen molar-refractivity contribution in [1.29, 1.82) is 0 Å². The highest BCUT2D eigenvalue weighted by Gasteiger charge is 2.38. The monoisotopic (exact) mass is 464 g/mol. The van der Waals surface area contributed by atoms with Crippen molar-refractivity contribution in [2.45, 2.75) is 133 Å². The Morgan fingerprint density at radius 3 is 0.710 bits per heavy atom. The number of rotatable bonds is 14. The van der Waals surface area contributed by atoms with Crippen molar-refractivity contribution in [3.05, 3.63) is 0 Å². The molecule has 0 unspecified atom stereocenters. The Balaban J connectivity index is 5.96. The summed E-state index contributed by atoms with van der Waals surface area (Å²) in [6.07, 6.45) is 0. The van der Waals surface area contributed by atoms with Crippen LogP contribution in [0.3, 0.4) is 0 Å². The normalized spacial score (nSPS) is 14.9. The molecule has 0 fully saturated rings. The van der Waals surface area contributed by atoms with Gasteiger partial charge in [-0.15, -0.1) is 0 Å². The van der Waals surface area contributed by atoms with E-state index < -0.39 is 22.4 Å². The van der Waals surface area contributed by atoms with Crippen LogP contribution in [-0.4, -0.2) is 32.4 Å². The van der Waals surface area contributed by atoms with E-state index in [2.05, 4.69) is 111 Å². The second-order valence-electron chi connectivity index (χ2n) is 12.0. The Labute approximate surface area is 195 Å². The van der Waals surface area contributed by atoms with Crippen molar-refractivity contribution in [2.75, 3.05) is 0 Å². The van der Waals surface area contributed by atoms with Crippen LogP contribution in [0.4, 0.5) is 0 Å². The smallest absolute Gasteiger partial charge is 0.143 e. The summed E-state index contributed by atoms with van der Waals surface area (Å²) in [5.41, 5.74) is -1.69. The van der Waals surface area contributed by atoms with E-state index in [-0.39, 0.29) is 8.88 Å². The first-order valence-electron chi connectivity index (χ1n) is 11.8. The molecule has 0 aromatic carbocycles. The van der Waals surface area contributed by atoms with E-state index in [0.29, 0.717) is 23.7 Å². The summed E-state index contributed by atoms with van der Waals surface area (Å²) in [4.78, 5) is 28.7. The topological polar surface area (TPSA) is 43.4 Å². The van der Waals surface area contributed by atoms with Crippen LogP contribution in [0.2, 0.25) is 0 Å². The average molecular weight is 465 g/mol. The molecule has 0 N–H and O–H groups in total. The minimum Gasteiger partial charge on any atom is -0.264 e. The van der Waals surface area contributed by atoms with Gasteiger partial charge in [-0.05, 0) is 89.1 Å². The Morgan fingerprint density at radius 2 is 0.581 bits per heavy atom. The fraction of sp³-hybridized carbons (Fsp3) is 1.00. The zero-order chi connectivity index (χ0) is 25.0. The molecular weight excluding hydrogens is 411 g/mol. The standard InChI is InChI=1S/C24H53N2O4P/c1-17(2)21(9,10)27-25(28-22(11,12)18(3)4)31-26(29-23(13,14)19(5)6)30-24(15,16)20(7)8/h17-20,31H,1-16H3. The third-order valence-corrected chi connectivity index (χ3v) is 7.69. The van der Waals surface area contributed by atoms with Gasteiger partial charge >= 0.3 is 0 Å². The third-order valence-electron chi connectivity index (χ3n) is 7.00. The van der Waals surface area contributed by atoms with Crippen LogP contribution in [0, 0.1) is 23.7 Å². The zero-order valence-electron chi connectivity index (χ0n) is 23.3. The van der Waals surface area contributed by atoms with Gasteiger partial charge in [-0.3, -0.25) is 19.4 Å². The van der Waals surface area contributed by atoms with Crippen LogP contribution in [-0.2, 0) is 19.4 Å². The highest BCUT2D eigenvalue weighted by Crippen LogP contribution is 2.40. The van der Waals surface area contributed by atoms with Crippen molar-refractivity contribution < 1.29 is 19.4 Å². The van der Waals surface area contributed by atoms with E-state index in [4.69, 9.17) is 19.4 Å². The van der Waals surface area contributed by atoms with Gasteiger partial charge in [0.05, 0.1) is 22.4 Å². The summed E-state index contributed by atoms with van der Waals surface area (Å²) in [6.45, 7) is 33.7. The summed E-state index contributed by atoms with van der Waals surface area (Å²) in [6, 6.07) is 0. The van der Waals surface area contributed by atoms with Crippen LogP contribution in [0.25, 0.3) is 0 Å². The van der Waals surface area contributed by atoms with Crippen molar-refractivity contribution in [1.82, 2.24) is 9.99 Å². The van der Waals surface area contributed by atoms with Gasteiger partial charge in [0.2, 0.25) is 0 Å². The zero-order valence-corrected chi connectivity index (χ0v) is 24.3. The van der Waals surface area contributed by atoms with Gasteiger partial charge in [0.15, 0.2) is 0 Å². The maximum Gasteiger partial charge on any atom is 0.143 e. The Kier molecular flexibility index (Phi) is 11.6. The Bertz CT molecular complexity index is 442. The van der Waals surface area contributed by atoms with Gasteiger partial charge in [-0.25, -0.2) is 0 Å². The molecule has 0 aliphatic rings. The van der Waals surface area contributed by atoms with Crippen LogP contribution >= 0.6 is 8.88 Å². The molecule has 0 aromatic heterocycles. The summed E-state index contributed by atoms with van der Waals surface area (Å²) in [7, 11) is -0.143. The lowest BCUT2D eigenvalue weighted by Crippen LogP contribution is -2.46. The van der Waals surface area contributed by atoms with Crippen molar-refractivity contribution in [3.63, 3.8) is 0 Å². The first-order chi connectivity index (χ1) is 13.6. The minimum absolute atomic E-state index is 0.143. The fourth-order valence-electron chi connectivity index (χ4n) is 1.46. The van der Waals surface area contributed by atoms with E-state index in [0.717, 1.165) is 0 Å². The molecule has 0 aromatic rings. The van der Waals surface area contributed by atoms with Gasteiger partial charge in [-0.1, -0.05) is 55.4 Å². The summed E-state index contributed by atoms with van der Waals surface area (Å²) < 4.78 is 0. The lowest BCUT2D eigenvalue weighted by Gasteiger charge is -2.43. The lowest BCUT2D eigenvalue weighted by atomic mass is 9.95. The predicted octanol–water partition coefficient (Wildman–Crippen LogP) is 7.56. The second kappa shape index (κ2) is 11.6. The highest BCUT2D eigenvalue weighted by atomic mass is 31.1. The van der Waals surface area contributed by atoms with Gasteiger partial charge in [0, 0.05) is 0 Å². The molecule has 0 bridgehead atoms. The SMILES string of the molecule is CC(C)C(C)(C)ON(OC(C)(C)C(C)C)PN(OC(C)(C)C(C)C)OC(C)(C)C(C)C.